The van der Waals surface area contributed by atoms with E-state index in [1.807, 2.05) is 12.2 Å². The Morgan fingerprint density at radius 2 is 2.00 bits per heavy atom. The van der Waals surface area contributed by atoms with Crippen molar-refractivity contribution in [1.82, 2.24) is 0 Å². The average Bonchev–Trinajstić information content (AvgIpc) is 2.71. The van der Waals surface area contributed by atoms with Crippen LogP contribution in [0, 0.1) is 5.41 Å². The molecule has 2 unspecified atom stereocenters. The number of ether oxygens (including phenoxy) is 1. The van der Waals surface area contributed by atoms with Crippen LogP contribution in [0.5, 0.6) is 0 Å². The number of hydrogen-bond acceptors (Lipinski definition) is 3. The second-order valence-corrected chi connectivity index (χ2v) is 4.28. The van der Waals surface area contributed by atoms with Gasteiger partial charge in [0, 0.05) is 17.9 Å². The lowest BCUT2D eigenvalue weighted by Gasteiger charge is -2.52. The third-order valence-electron chi connectivity index (χ3n) is 3.63. The molecule has 1 heterocycles. The minimum Gasteiger partial charge on any atom is -0.451 e. The van der Waals surface area contributed by atoms with E-state index in [2.05, 4.69) is 0 Å². The summed E-state index contributed by atoms with van der Waals surface area (Å²) in [5.41, 5.74) is -0.709. The Morgan fingerprint density at radius 3 is 2.43 bits per heavy atom. The average molecular weight is 190 g/mol. The Balaban J connectivity index is 1.98. The molecule has 2 aliphatic carbocycles. The number of ketones is 1. The summed E-state index contributed by atoms with van der Waals surface area (Å²) in [5, 5.41) is 0. The maximum absolute atomic E-state index is 11.2. The van der Waals surface area contributed by atoms with Crippen molar-refractivity contribution in [2.45, 2.75) is 24.9 Å². The van der Waals surface area contributed by atoms with Crippen LogP contribution in [-0.4, -0.2) is 17.4 Å². The Morgan fingerprint density at radius 1 is 1.14 bits per heavy atom. The second kappa shape index (κ2) is 2.16. The van der Waals surface area contributed by atoms with Crippen LogP contribution in [0.2, 0.25) is 0 Å². The summed E-state index contributed by atoms with van der Waals surface area (Å²) in [6.45, 7) is 0. The first-order chi connectivity index (χ1) is 6.66. The van der Waals surface area contributed by atoms with Gasteiger partial charge in [0.1, 0.15) is 5.60 Å². The molecule has 3 aliphatic rings. The number of carbonyl (C=O) groups is 2. The second-order valence-electron chi connectivity index (χ2n) is 4.28. The van der Waals surface area contributed by atoms with Crippen molar-refractivity contribution in [1.29, 1.82) is 0 Å². The zero-order valence-electron chi connectivity index (χ0n) is 7.66. The SMILES string of the molecule is O=C1C=CC2(CCC23C=CC(=O)O3)C1. The normalized spacial score (nSPS) is 43.7. The minimum atomic E-state index is -0.493. The third kappa shape index (κ3) is 0.733. The Labute approximate surface area is 81.4 Å². The summed E-state index contributed by atoms with van der Waals surface area (Å²) in [5.74, 6) is -0.141. The molecule has 1 aliphatic heterocycles. The number of rotatable bonds is 0. The topological polar surface area (TPSA) is 43.4 Å². The van der Waals surface area contributed by atoms with Gasteiger partial charge in [-0.3, -0.25) is 4.79 Å². The molecule has 0 saturated heterocycles. The van der Waals surface area contributed by atoms with Crippen LogP contribution < -0.4 is 0 Å². The van der Waals surface area contributed by atoms with Crippen molar-refractivity contribution in [2.75, 3.05) is 0 Å². The molecular formula is C11H10O3. The fourth-order valence-electron chi connectivity index (χ4n) is 2.69. The highest BCUT2D eigenvalue weighted by Gasteiger charge is 2.62. The van der Waals surface area contributed by atoms with E-state index in [0.717, 1.165) is 12.8 Å². The monoisotopic (exact) mass is 190 g/mol. The number of esters is 1. The number of hydrogen-bond donors (Lipinski definition) is 0. The first kappa shape index (κ1) is 7.97. The van der Waals surface area contributed by atoms with E-state index >= 15 is 0 Å². The zero-order valence-corrected chi connectivity index (χ0v) is 7.66. The largest absolute Gasteiger partial charge is 0.451 e. The maximum atomic E-state index is 11.2. The van der Waals surface area contributed by atoms with Crippen LogP contribution in [0.4, 0.5) is 0 Å². The van der Waals surface area contributed by atoms with Crippen LogP contribution in [0.25, 0.3) is 0 Å². The van der Waals surface area contributed by atoms with Crippen molar-refractivity contribution in [3.63, 3.8) is 0 Å². The van der Waals surface area contributed by atoms with E-state index in [1.165, 1.54) is 6.08 Å². The molecule has 0 aromatic heterocycles. The molecule has 0 bridgehead atoms. The fourth-order valence-corrected chi connectivity index (χ4v) is 2.69. The standard InChI is InChI=1S/C11H10O3/c12-8-1-3-10(7-8)5-6-11(10)4-2-9(13)14-11/h1-4H,5-7H2. The van der Waals surface area contributed by atoms with E-state index in [1.54, 1.807) is 6.08 Å². The van der Waals surface area contributed by atoms with Crippen molar-refractivity contribution < 1.29 is 14.3 Å². The first-order valence-electron chi connectivity index (χ1n) is 4.80. The van der Waals surface area contributed by atoms with Crippen molar-refractivity contribution in [3.8, 4) is 0 Å². The van der Waals surface area contributed by atoms with Gasteiger partial charge >= 0.3 is 5.97 Å². The lowest BCUT2D eigenvalue weighted by molar-refractivity contribution is -0.171. The summed E-state index contributed by atoms with van der Waals surface area (Å²) in [7, 11) is 0. The molecule has 0 aromatic carbocycles. The quantitative estimate of drug-likeness (QED) is 0.538. The lowest BCUT2D eigenvalue weighted by Crippen LogP contribution is -2.55. The van der Waals surface area contributed by atoms with E-state index in [9.17, 15) is 9.59 Å². The Kier molecular flexibility index (Phi) is 1.23. The summed E-state index contributed by atoms with van der Waals surface area (Å²) >= 11 is 0. The molecule has 0 N–H and O–H groups in total. The van der Waals surface area contributed by atoms with Crippen LogP contribution in [0.3, 0.4) is 0 Å². The molecule has 0 radical (unpaired) electrons. The van der Waals surface area contributed by atoms with E-state index < -0.39 is 5.60 Å². The Bertz CT molecular complexity index is 355. The highest BCUT2D eigenvalue weighted by Crippen LogP contribution is 2.59. The highest BCUT2D eigenvalue weighted by atomic mass is 16.6. The van der Waals surface area contributed by atoms with Gasteiger partial charge in [0.05, 0.1) is 0 Å². The molecule has 1 fully saturated rings. The molecule has 1 saturated carbocycles. The number of carbonyl (C=O) groups excluding carboxylic acids is 2. The van der Waals surface area contributed by atoms with Crippen molar-refractivity contribution >= 4 is 11.8 Å². The van der Waals surface area contributed by atoms with Gasteiger partial charge in [0.25, 0.3) is 0 Å². The van der Waals surface area contributed by atoms with E-state index in [4.69, 9.17) is 4.74 Å². The molecule has 3 rings (SSSR count). The molecule has 2 spiro atoms. The molecule has 14 heavy (non-hydrogen) atoms. The molecule has 3 nitrogen and oxygen atoms in total. The van der Waals surface area contributed by atoms with Crippen LogP contribution >= 0.6 is 0 Å². The van der Waals surface area contributed by atoms with Gasteiger partial charge in [0.2, 0.25) is 0 Å². The van der Waals surface area contributed by atoms with E-state index in [0.29, 0.717) is 6.42 Å². The molecule has 72 valence electrons. The predicted octanol–water partition coefficient (Wildman–Crippen LogP) is 1.15. The van der Waals surface area contributed by atoms with Crippen LogP contribution in [0.15, 0.2) is 24.3 Å². The fraction of sp³-hybridized carbons (Fsp3) is 0.455. The predicted molar refractivity (Wildman–Crippen MR) is 48.4 cm³/mol. The van der Waals surface area contributed by atoms with Crippen LogP contribution in [0.1, 0.15) is 19.3 Å². The molecule has 3 heteroatoms. The lowest BCUT2D eigenvalue weighted by atomic mass is 9.56. The van der Waals surface area contributed by atoms with Gasteiger partial charge in [0.15, 0.2) is 5.78 Å². The first-order valence-corrected chi connectivity index (χ1v) is 4.80. The summed E-state index contributed by atoms with van der Waals surface area (Å²) in [6, 6.07) is 0. The van der Waals surface area contributed by atoms with Crippen molar-refractivity contribution in [3.05, 3.63) is 24.3 Å². The summed E-state index contributed by atoms with van der Waals surface area (Å²) < 4.78 is 5.32. The van der Waals surface area contributed by atoms with Gasteiger partial charge in [-0.25, -0.2) is 4.79 Å². The summed E-state index contributed by atoms with van der Waals surface area (Å²) in [4.78, 5) is 22.3. The van der Waals surface area contributed by atoms with Crippen molar-refractivity contribution in [2.24, 2.45) is 5.41 Å². The van der Waals surface area contributed by atoms with Gasteiger partial charge < -0.3 is 4.74 Å². The summed E-state index contributed by atoms with van der Waals surface area (Å²) in [6.07, 6.45) is 9.09. The van der Waals surface area contributed by atoms with E-state index in [-0.39, 0.29) is 17.2 Å². The highest BCUT2D eigenvalue weighted by molar-refractivity contribution is 5.94. The number of fused-ring (bicyclic) bond motifs is 1. The Hall–Kier alpha value is -1.38. The van der Waals surface area contributed by atoms with Gasteiger partial charge in [-0.1, -0.05) is 6.08 Å². The maximum Gasteiger partial charge on any atom is 0.331 e. The van der Waals surface area contributed by atoms with Gasteiger partial charge in [-0.2, -0.15) is 0 Å². The zero-order chi connectivity index (χ0) is 9.81. The third-order valence-corrected chi connectivity index (χ3v) is 3.63. The number of allylic oxidation sites excluding steroid dienone is 1. The molecular weight excluding hydrogens is 180 g/mol. The van der Waals surface area contributed by atoms with Crippen LogP contribution in [-0.2, 0) is 14.3 Å². The van der Waals surface area contributed by atoms with Gasteiger partial charge in [-0.05, 0) is 25.0 Å². The molecule has 0 amide bonds. The minimum absolute atomic E-state index is 0.139. The molecule has 2 atom stereocenters. The van der Waals surface area contributed by atoms with Gasteiger partial charge in [-0.15, -0.1) is 0 Å². The molecule has 0 aromatic rings. The smallest absolute Gasteiger partial charge is 0.331 e.